The van der Waals surface area contributed by atoms with E-state index in [0.717, 1.165) is 24.0 Å². The Morgan fingerprint density at radius 2 is 1.93 bits per heavy atom. The summed E-state index contributed by atoms with van der Waals surface area (Å²) in [6.07, 6.45) is 1.71. The second kappa shape index (κ2) is 7.46. The number of amides is 1. The smallest absolute Gasteiger partial charge is 0.328 e. The minimum atomic E-state index is -0.189. The first-order valence-electron chi connectivity index (χ1n) is 9.60. The highest BCUT2D eigenvalue weighted by Gasteiger charge is 2.34. The highest BCUT2D eigenvalue weighted by atomic mass is 16.2. The lowest BCUT2D eigenvalue weighted by Gasteiger charge is -2.24. The number of aromatic nitrogens is 3. The molecule has 1 aliphatic heterocycles. The number of likely N-dealkylation sites (tertiary alicyclic amines) is 1. The average molecular weight is 376 g/mol. The Hall–Kier alpha value is -3.15. The maximum absolute atomic E-state index is 13.1. The van der Waals surface area contributed by atoms with E-state index in [4.69, 9.17) is 0 Å². The van der Waals surface area contributed by atoms with Crippen molar-refractivity contribution in [2.24, 2.45) is 7.05 Å². The van der Waals surface area contributed by atoms with Gasteiger partial charge < -0.3 is 4.90 Å². The maximum Gasteiger partial charge on any atom is 0.346 e. The molecule has 1 saturated heterocycles. The Morgan fingerprint density at radius 3 is 2.68 bits per heavy atom. The summed E-state index contributed by atoms with van der Waals surface area (Å²) < 4.78 is 3.06. The van der Waals surface area contributed by atoms with Crippen LogP contribution in [0.25, 0.3) is 0 Å². The van der Waals surface area contributed by atoms with Crippen LogP contribution in [-0.4, -0.2) is 31.7 Å². The van der Waals surface area contributed by atoms with Gasteiger partial charge in [-0.2, -0.15) is 5.10 Å². The van der Waals surface area contributed by atoms with Crippen molar-refractivity contribution >= 4 is 5.91 Å². The van der Waals surface area contributed by atoms with Gasteiger partial charge >= 0.3 is 5.69 Å². The Bertz CT molecular complexity index is 1050. The first kappa shape index (κ1) is 18.2. The molecule has 0 aliphatic carbocycles. The molecule has 1 amide bonds. The number of carbonyl (C=O) groups is 1. The van der Waals surface area contributed by atoms with Gasteiger partial charge in [-0.15, -0.1) is 0 Å². The molecule has 1 fully saturated rings. The van der Waals surface area contributed by atoms with Crippen molar-refractivity contribution in [1.82, 2.24) is 19.2 Å². The predicted molar refractivity (Wildman–Crippen MR) is 107 cm³/mol. The van der Waals surface area contributed by atoms with Gasteiger partial charge in [0.2, 0.25) is 0 Å². The minimum absolute atomic E-state index is 0.00411. The molecule has 1 aliphatic rings. The maximum atomic E-state index is 13.1. The van der Waals surface area contributed by atoms with Crippen molar-refractivity contribution in [2.45, 2.75) is 32.4 Å². The zero-order chi connectivity index (χ0) is 19.7. The Labute approximate surface area is 164 Å². The van der Waals surface area contributed by atoms with Crippen molar-refractivity contribution in [3.05, 3.63) is 87.6 Å². The van der Waals surface area contributed by atoms with Crippen molar-refractivity contribution < 1.29 is 4.79 Å². The quantitative estimate of drug-likeness (QED) is 0.703. The van der Waals surface area contributed by atoms with Crippen molar-refractivity contribution in [2.75, 3.05) is 6.54 Å². The van der Waals surface area contributed by atoms with Crippen LogP contribution >= 0.6 is 0 Å². The summed E-state index contributed by atoms with van der Waals surface area (Å²) >= 11 is 0. The molecule has 2 heterocycles. The van der Waals surface area contributed by atoms with Gasteiger partial charge in [0.25, 0.3) is 5.91 Å². The largest absolute Gasteiger partial charge is 0.346 e. The van der Waals surface area contributed by atoms with Crippen LogP contribution in [0, 0.1) is 6.92 Å². The molecule has 0 spiro atoms. The molecule has 3 aromatic rings. The first-order valence-corrected chi connectivity index (χ1v) is 9.60. The summed E-state index contributed by atoms with van der Waals surface area (Å²) in [5, 5.41) is 4.51. The number of hydrogen-bond acceptors (Lipinski definition) is 3. The van der Waals surface area contributed by atoms with E-state index in [9.17, 15) is 9.59 Å². The van der Waals surface area contributed by atoms with Crippen LogP contribution in [0.1, 0.15) is 46.2 Å². The zero-order valence-corrected chi connectivity index (χ0v) is 16.2. The molecule has 1 atom stereocenters. The summed E-state index contributed by atoms with van der Waals surface area (Å²) in [6, 6.07) is 17.3. The third-order valence-electron chi connectivity index (χ3n) is 5.30. The van der Waals surface area contributed by atoms with Gasteiger partial charge in [0.1, 0.15) is 0 Å². The van der Waals surface area contributed by atoms with Gasteiger partial charge in [-0.3, -0.25) is 9.36 Å². The summed E-state index contributed by atoms with van der Waals surface area (Å²) in [6.45, 7) is 3.11. The summed E-state index contributed by atoms with van der Waals surface area (Å²) in [7, 11) is 1.66. The highest BCUT2D eigenvalue weighted by molar-refractivity contribution is 5.94. The molecular weight excluding hydrogens is 352 g/mol. The van der Waals surface area contributed by atoms with Crippen LogP contribution in [0.15, 0.2) is 59.4 Å². The zero-order valence-electron chi connectivity index (χ0n) is 16.2. The lowest BCUT2D eigenvalue weighted by Crippen LogP contribution is -2.33. The Balaban J connectivity index is 1.69. The van der Waals surface area contributed by atoms with E-state index >= 15 is 0 Å². The third-order valence-corrected chi connectivity index (χ3v) is 5.30. The minimum Gasteiger partial charge on any atom is -0.328 e. The molecule has 0 unspecified atom stereocenters. The first-order chi connectivity index (χ1) is 13.5. The van der Waals surface area contributed by atoms with E-state index < -0.39 is 0 Å². The lowest BCUT2D eigenvalue weighted by atomic mass is 10.1. The number of hydrogen-bond donors (Lipinski definition) is 0. The van der Waals surface area contributed by atoms with Crippen LogP contribution in [0.3, 0.4) is 0 Å². The molecule has 28 heavy (non-hydrogen) atoms. The fraction of sp³-hybridized carbons (Fsp3) is 0.318. The molecule has 6 nitrogen and oxygen atoms in total. The normalized spacial score (nSPS) is 16.5. The van der Waals surface area contributed by atoms with Crippen molar-refractivity contribution in [3.63, 3.8) is 0 Å². The topological polar surface area (TPSA) is 60.1 Å². The molecule has 144 valence electrons. The standard InChI is InChI=1S/C22H24N4O2/c1-16-8-6-11-18(14-16)21(27)25-13-7-12-19(25)20-23-24(2)22(28)26(20)15-17-9-4-3-5-10-17/h3-6,8-11,14,19H,7,12-13,15H2,1-2H3/t19-/m0/s1. The van der Waals surface area contributed by atoms with Gasteiger partial charge in [0, 0.05) is 19.2 Å². The molecular formula is C22H24N4O2. The molecule has 6 heteroatoms. The van der Waals surface area contributed by atoms with Gasteiger partial charge in [-0.25, -0.2) is 9.48 Å². The van der Waals surface area contributed by atoms with E-state index in [-0.39, 0.29) is 17.6 Å². The highest BCUT2D eigenvalue weighted by Crippen LogP contribution is 2.32. The van der Waals surface area contributed by atoms with E-state index in [1.807, 2.05) is 66.4 Å². The molecule has 0 radical (unpaired) electrons. The van der Waals surface area contributed by atoms with Crippen LogP contribution < -0.4 is 5.69 Å². The Kier molecular flexibility index (Phi) is 4.86. The van der Waals surface area contributed by atoms with Crippen LogP contribution in [0.4, 0.5) is 0 Å². The molecule has 4 rings (SSSR count). The molecule has 0 N–H and O–H groups in total. The van der Waals surface area contributed by atoms with E-state index in [2.05, 4.69) is 5.10 Å². The monoisotopic (exact) mass is 376 g/mol. The van der Waals surface area contributed by atoms with Gasteiger partial charge in [0.05, 0.1) is 12.6 Å². The second-order valence-corrected chi connectivity index (χ2v) is 7.36. The summed E-state index contributed by atoms with van der Waals surface area (Å²) in [4.78, 5) is 27.7. The van der Waals surface area contributed by atoms with Gasteiger partial charge in [0.15, 0.2) is 5.82 Å². The average Bonchev–Trinajstić information content (AvgIpc) is 3.29. The summed E-state index contributed by atoms with van der Waals surface area (Å²) in [5.74, 6) is 0.658. The number of benzene rings is 2. The lowest BCUT2D eigenvalue weighted by molar-refractivity contribution is 0.0727. The molecule has 1 aromatic heterocycles. The number of rotatable bonds is 4. The molecule has 2 aromatic carbocycles. The number of nitrogens with zero attached hydrogens (tertiary/aromatic N) is 4. The SMILES string of the molecule is Cc1cccc(C(=O)N2CCC[C@H]2c2nn(C)c(=O)n2Cc2ccccc2)c1. The van der Waals surface area contributed by atoms with E-state index in [1.165, 1.54) is 4.68 Å². The van der Waals surface area contributed by atoms with Crippen molar-refractivity contribution in [3.8, 4) is 0 Å². The fourth-order valence-corrected chi connectivity index (χ4v) is 3.91. The second-order valence-electron chi connectivity index (χ2n) is 7.36. The molecule has 0 bridgehead atoms. The fourth-order valence-electron chi connectivity index (χ4n) is 3.91. The third kappa shape index (κ3) is 3.38. The summed E-state index contributed by atoms with van der Waals surface area (Å²) in [5.41, 5.74) is 2.61. The Morgan fingerprint density at radius 1 is 1.14 bits per heavy atom. The van der Waals surface area contributed by atoms with Crippen LogP contribution in [0.2, 0.25) is 0 Å². The van der Waals surface area contributed by atoms with Gasteiger partial charge in [-0.05, 0) is 37.5 Å². The molecule has 0 saturated carbocycles. The number of carbonyl (C=O) groups excluding carboxylic acids is 1. The van der Waals surface area contributed by atoms with Crippen LogP contribution in [0.5, 0.6) is 0 Å². The number of aryl methyl sites for hydroxylation is 2. The van der Waals surface area contributed by atoms with E-state index in [1.54, 1.807) is 11.6 Å². The van der Waals surface area contributed by atoms with E-state index in [0.29, 0.717) is 24.5 Å². The van der Waals surface area contributed by atoms with Crippen molar-refractivity contribution in [1.29, 1.82) is 0 Å². The van der Waals surface area contributed by atoms with Crippen LogP contribution in [-0.2, 0) is 13.6 Å². The van der Waals surface area contributed by atoms with Gasteiger partial charge in [-0.1, -0.05) is 48.0 Å². The predicted octanol–water partition coefficient (Wildman–Crippen LogP) is 2.92.